The molecule has 0 radical (unpaired) electrons. The van der Waals surface area contributed by atoms with E-state index in [-0.39, 0.29) is 5.91 Å². The van der Waals surface area contributed by atoms with Crippen molar-refractivity contribution in [3.8, 4) is 0 Å². The zero-order valence-corrected chi connectivity index (χ0v) is 17.5. The SMILES string of the molecule is O=C(NCCSc1ccc(Cl)cc1)C1(c2ccc(Br)cc2)CCOCC1. The Morgan fingerprint density at radius 1 is 1.12 bits per heavy atom. The lowest BCUT2D eigenvalue weighted by Gasteiger charge is -2.36. The summed E-state index contributed by atoms with van der Waals surface area (Å²) in [6.45, 7) is 1.86. The molecule has 0 aliphatic carbocycles. The first kappa shape index (κ1) is 19.7. The van der Waals surface area contributed by atoms with Crippen LogP contribution in [0, 0.1) is 0 Å². The van der Waals surface area contributed by atoms with Gasteiger partial charge in [-0.3, -0.25) is 4.79 Å². The van der Waals surface area contributed by atoms with E-state index in [0.717, 1.165) is 25.7 Å². The van der Waals surface area contributed by atoms with Crippen molar-refractivity contribution >= 4 is 45.2 Å². The number of amides is 1. The average Bonchev–Trinajstić information content (AvgIpc) is 2.67. The van der Waals surface area contributed by atoms with Gasteiger partial charge in [0.15, 0.2) is 0 Å². The summed E-state index contributed by atoms with van der Waals surface area (Å²) in [7, 11) is 0. The van der Waals surface area contributed by atoms with Crippen molar-refractivity contribution < 1.29 is 9.53 Å². The first-order chi connectivity index (χ1) is 12.6. The smallest absolute Gasteiger partial charge is 0.230 e. The van der Waals surface area contributed by atoms with Crippen LogP contribution in [0.15, 0.2) is 57.9 Å². The number of hydrogen-bond donors (Lipinski definition) is 1. The molecule has 2 aromatic rings. The predicted molar refractivity (Wildman–Crippen MR) is 111 cm³/mol. The molecule has 1 heterocycles. The molecule has 6 heteroatoms. The number of thioether (sulfide) groups is 1. The number of benzene rings is 2. The summed E-state index contributed by atoms with van der Waals surface area (Å²) in [5, 5.41) is 3.87. The Bertz CT molecular complexity index is 730. The van der Waals surface area contributed by atoms with E-state index in [4.69, 9.17) is 16.3 Å². The summed E-state index contributed by atoms with van der Waals surface area (Å²) in [5.41, 5.74) is 0.566. The van der Waals surface area contributed by atoms with Gasteiger partial charge in [0, 0.05) is 39.9 Å². The van der Waals surface area contributed by atoms with Gasteiger partial charge in [0.25, 0.3) is 0 Å². The van der Waals surface area contributed by atoms with E-state index in [9.17, 15) is 4.79 Å². The van der Waals surface area contributed by atoms with Crippen LogP contribution < -0.4 is 5.32 Å². The first-order valence-corrected chi connectivity index (χ1v) is 10.8. The molecule has 1 aliphatic rings. The second-order valence-corrected chi connectivity index (χ2v) is 8.78. The van der Waals surface area contributed by atoms with Crippen LogP contribution >= 0.6 is 39.3 Å². The van der Waals surface area contributed by atoms with Gasteiger partial charge in [0.1, 0.15) is 0 Å². The summed E-state index contributed by atoms with van der Waals surface area (Å²) in [6.07, 6.45) is 1.43. The molecule has 0 saturated carbocycles. The molecular weight excluding hydrogens is 434 g/mol. The Morgan fingerprint density at radius 2 is 1.77 bits per heavy atom. The number of nitrogens with one attached hydrogen (secondary N) is 1. The van der Waals surface area contributed by atoms with E-state index >= 15 is 0 Å². The number of rotatable bonds is 6. The van der Waals surface area contributed by atoms with Crippen LogP contribution in [-0.4, -0.2) is 31.4 Å². The lowest BCUT2D eigenvalue weighted by molar-refractivity contribution is -0.130. The van der Waals surface area contributed by atoms with Gasteiger partial charge >= 0.3 is 0 Å². The highest BCUT2D eigenvalue weighted by Gasteiger charge is 2.41. The third kappa shape index (κ3) is 4.83. The fourth-order valence-corrected chi connectivity index (χ4v) is 4.33. The van der Waals surface area contributed by atoms with Gasteiger partial charge in [-0.15, -0.1) is 11.8 Å². The second-order valence-electron chi connectivity index (χ2n) is 6.26. The van der Waals surface area contributed by atoms with Crippen molar-refractivity contribution in [2.24, 2.45) is 0 Å². The molecule has 1 aliphatic heterocycles. The maximum Gasteiger partial charge on any atom is 0.230 e. The number of hydrogen-bond acceptors (Lipinski definition) is 3. The Labute approximate surface area is 172 Å². The molecule has 1 amide bonds. The lowest BCUT2D eigenvalue weighted by atomic mass is 9.73. The quantitative estimate of drug-likeness (QED) is 0.490. The molecule has 3 rings (SSSR count). The summed E-state index contributed by atoms with van der Waals surface area (Å²) in [6, 6.07) is 15.8. The van der Waals surface area contributed by atoms with Crippen LogP contribution in [-0.2, 0) is 14.9 Å². The maximum atomic E-state index is 13.1. The van der Waals surface area contributed by atoms with E-state index in [1.54, 1.807) is 11.8 Å². The predicted octanol–water partition coefficient (Wildman–Crippen LogP) is 5.06. The molecule has 1 N–H and O–H groups in total. The number of halogens is 2. The van der Waals surface area contributed by atoms with Crippen LogP contribution in [0.3, 0.4) is 0 Å². The van der Waals surface area contributed by atoms with Crippen LogP contribution in [0.4, 0.5) is 0 Å². The van der Waals surface area contributed by atoms with Gasteiger partial charge in [0.2, 0.25) is 5.91 Å². The van der Waals surface area contributed by atoms with Crippen LogP contribution in [0.1, 0.15) is 18.4 Å². The Morgan fingerprint density at radius 3 is 2.42 bits per heavy atom. The molecule has 0 aromatic heterocycles. The fraction of sp³-hybridized carbons (Fsp3) is 0.350. The van der Waals surface area contributed by atoms with Crippen LogP contribution in [0.2, 0.25) is 5.02 Å². The molecule has 0 unspecified atom stereocenters. The molecule has 1 saturated heterocycles. The van der Waals surface area contributed by atoms with E-state index in [0.29, 0.717) is 32.6 Å². The third-order valence-electron chi connectivity index (χ3n) is 4.65. The lowest BCUT2D eigenvalue weighted by Crippen LogP contribution is -2.48. The van der Waals surface area contributed by atoms with E-state index in [1.807, 2.05) is 48.5 Å². The summed E-state index contributed by atoms with van der Waals surface area (Å²) < 4.78 is 6.53. The highest BCUT2D eigenvalue weighted by atomic mass is 79.9. The zero-order chi connectivity index (χ0) is 18.4. The topological polar surface area (TPSA) is 38.3 Å². The van der Waals surface area contributed by atoms with E-state index in [1.165, 1.54) is 0 Å². The highest BCUT2D eigenvalue weighted by Crippen LogP contribution is 2.35. The van der Waals surface area contributed by atoms with Gasteiger partial charge in [0.05, 0.1) is 5.41 Å². The molecule has 1 fully saturated rings. The number of carbonyl (C=O) groups excluding carboxylic acids is 1. The summed E-state index contributed by atoms with van der Waals surface area (Å²) >= 11 is 11.1. The minimum atomic E-state index is -0.496. The van der Waals surface area contributed by atoms with Crippen LogP contribution in [0.25, 0.3) is 0 Å². The minimum Gasteiger partial charge on any atom is -0.381 e. The van der Waals surface area contributed by atoms with Crippen molar-refractivity contribution in [3.05, 3.63) is 63.6 Å². The maximum absolute atomic E-state index is 13.1. The third-order valence-corrected chi connectivity index (χ3v) is 6.44. The molecule has 0 spiro atoms. The molecule has 138 valence electrons. The molecule has 26 heavy (non-hydrogen) atoms. The standard InChI is InChI=1S/C20H21BrClNO2S/c21-16-3-1-15(2-4-16)20(9-12-25-13-10-20)19(24)23-11-14-26-18-7-5-17(22)6-8-18/h1-8H,9-14H2,(H,23,24). The zero-order valence-electron chi connectivity index (χ0n) is 14.3. The monoisotopic (exact) mass is 453 g/mol. The van der Waals surface area contributed by atoms with Gasteiger partial charge in [-0.1, -0.05) is 39.7 Å². The van der Waals surface area contributed by atoms with Crippen molar-refractivity contribution in [2.75, 3.05) is 25.5 Å². The number of carbonyl (C=O) groups is 1. The van der Waals surface area contributed by atoms with E-state index in [2.05, 4.69) is 21.2 Å². The second kappa shape index (κ2) is 9.27. The Kier molecular flexibility index (Phi) is 7.04. The van der Waals surface area contributed by atoms with Crippen LogP contribution in [0.5, 0.6) is 0 Å². The van der Waals surface area contributed by atoms with Crippen molar-refractivity contribution in [1.82, 2.24) is 5.32 Å². The van der Waals surface area contributed by atoms with Gasteiger partial charge in [-0.2, -0.15) is 0 Å². The fourth-order valence-electron chi connectivity index (χ4n) is 3.17. The van der Waals surface area contributed by atoms with E-state index < -0.39 is 5.41 Å². The normalized spacial score (nSPS) is 16.2. The Balaban J connectivity index is 1.61. The van der Waals surface area contributed by atoms with Gasteiger partial charge in [-0.05, 0) is 54.8 Å². The van der Waals surface area contributed by atoms with Gasteiger partial charge < -0.3 is 10.1 Å². The largest absolute Gasteiger partial charge is 0.381 e. The first-order valence-electron chi connectivity index (χ1n) is 8.61. The summed E-state index contributed by atoms with van der Waals surface area (Å²) in [5.74, 6) is 0.917. The minimum absolute atomic E-state index is 0.0971. The van der Waals surface area contributed by atoms with Crippen molar-refractivity contribution in [3.63, 3.8) is 0 Å². The Hall–Kier alpha value is -1.01. The molecule has 3 nitrogen and oxygen atoms in total. The summed E-state index contributed by atoms with van der Waals surface area (Å²) in [4.78, 5) is 14.2. The average molecular weight is 455 g/mol. The highest BCUT2D eigenvalue weighted by molar-refractivity contribution is 9.10. The van der Waals surface area contributed by atoms with Crippen molar-refractivity contribution in [1.29, 1.82) is 0 Å². The van der Waals surface area contributed by atoms with Gasteiger partial charge in [-0.25, -0.2) is 0 Å². The molecular formula is C20H21BrClNO2S. The molecule has 0 atom stereocenters. The number of ether oxygens (including phenoxy) is 1. The molecule has 0 bridgehead atoms. The van der Waals surface area contributed by atoms with Crippen molar-refractivity contribution in [2.45, 2.75) is 23.2 Å². The molecule has 2 aromatic carbocycles.